The monoisotopic (exact) mass is 407 g/mol. The molecule has 1 aromatic heterocycles. The first-order valence-corrected chi connectivity index (χ1v) is 8.92. The maximum Gasteiger partial charge on any atom is 0.277 e. The molecular weight excluding hydrogens is 392 g/mol. The Bertz CT molecular complexity index is 997. The lowest BCUT2D eigenvalue weighted by Gasteiger charge is -2.07. The zero-order valence-electron chi connectivity index (χ0n) is 14.9. The van der Waals surface area contributed by atoms with Crippen LogP contribution >= 0.6 is 11.8 Å². The molecule has 3 rings (SSSR count). The van der Waals surface area contributed by atoms with Gasteiger partial charge in [0.1, 0.15) is 23.1 Å². The van der Waals surface area contributed by atoms with Crippen LogP contribution in [0.2, 0.25) is 0 Å². The number of halogens is 2. The van der Waals surface area contributed by atoms with Gasteiger partial charge in [-0.05, 0) is 30.3 Å². The number of aromatic nitrogens is 2. The number of hydrogen-bond donors (Lipinski definition) is 1. The van der Waals surface area contributed by atoms with E-state index in [2.05, 4.69) is 15.5 Å². The molecule has 0 aliphatic heterocycles. The van der Waals surface area contributed by atoms with Gasteiger partial charge in [0.15, 0.2) is 0 Å². The molecular formula is C18H15F2N3O4S. The summed E-state index contributed by atoms with van der Waals surface area (Å²) < 4.78 is 42.5. The number of thioether (sulfide) groups is 1. The molecule has 0 radical (unpaired) electrons. The average Bonchev–Trinajstić information content (AvgIpc) is 3.17. The van der Waals surface area contributed by atoms with Crippen LogP contribution in [0.15, 0.2) is 46.0 Å². The van der Waals surface area contributed by atoms with Crippen LogP contribution in [0.5, 0.6) is 11.5 Å². The summed E-state index contributed by atoms with van der Waals surface area (Å²) in [4.78, 5) is 12.0. The highest BCUT2D eigenvalue weighted by atomic mass is 32.2. The van der Waals surface area contributed by atoms with Gasteiger partial charge in [0.05, 0.1) is 31.2 Å². The molecule has 0 aliphatic rings. The van der Waals surface area contributed by atoms with Crippen molar-refractivity contribution < 1.29 is 27.5 Å². The van der Waals surface area contributed by atoms with Gasteiger partial charge in [-0.15, -0.1) is 10.2 Å². The molecule has 3 aromatic rings. The minimum absolute atomic E-state index is 0.103. The van der Waals surface area contributed by atoms with Crippen molar-refractivity contribution >= 4 is 23.4 Å². The topological polar surface area (TPSA) is 86.5 Å². The maximum absolute atomic E-state index is 13.6. The van der Waals surface area contributed by atoms with Crippen LogP contribution in [-0.4, -0.2) is 36.1 Å². The van der Waals surface area contributed by atoms with Crippen molar-refractivity contribution in [2.75, 3.05) is 25.3 Å². The molecule has 0 atom stereocenters. The number of anilines is 1. The second-order valence-electron chi connectivity index (χ2n) is 5.40. The van der Waals surface area contributed by atoms with E-state index in [1.54, 1.807) is 18.2 Å². The van der Waals surface area contributed by atoms with E-state index in [1.165, 1.54) is 14.2 Å². The third kappa shape index (κ3) is 4.58. The molecule has 0 spiro atoms. The lowest BCUT2D eigenvalue weighted by atomic mass is 10.2. The molecule has 2 aromatic carbocycles. The number of nitrogens with zero attached hydrogens (tertiary/aromatic N) is 2. The number of amides is 1. The fourth-order valence-corrected chi connectivity index (χ4v) is 2.83. The zero-order chi connectivity index (χ0) is 20.1. The summed E-state index contributed by atoms with van der Waals surface area (Å²) in [6.07, 6.45) is 0. The number of nitrogens with one attached hydrogen (secondary N) is 1. The van der Waals surface area contributed by atoms with Crippen LogP contribution in [-0.2, 0) is 4.79 Å². The third-order valence-electron chi connectivity index (χ3n) is 3.58. The Morgan fingerprint density at radius 2 is 1.96 bits per heavy atom. The van der Waals surface area contributed by atoms with E-state index < -0.39 is 17.5 Å². The summed E-state index contributed by atoms with van der Waals surface area (Å²) in [7, 11) is 3.04. The molecule has 1 heterocycles. The van der Waals surface area contributed by atoms with E-state index in [1.807, 2.05) is 0 Å². The summed E-state index contributed by atoms with van der Waals surface area (Å²) in [5.74, 6) is -0.889. The highest BCUT2D eigenvalue weighted by Crippen LogP contribution is 2.33. The second-order valence-corrected chi connectivity index (χ2v) is 6.33. The number of hydrogen-bond acceptors (Lipinski definition) is 7. The molecule has 0 saturated carbocycles. The normalized spacial score (nSPS) is 10.6. The van der Waals surface area contributed by atoms with Crippen molar-refractivity contribution in [1.82, 2.24) is 10.2 Å². The Morgan fingerprint density at radius 1 is 1.14 bits per heavy atom. The van der Waals surface area contributed by atoms with Crippen molar-refractivity contribution in [3.8, 4) is 23.0 Å². The Balaban J connectivity index is 1.66. The molecule has 0 fully saturated rings. The van der Waals surface area contributed by atoms with Crippen LogP contribution in [0.25, 0.3) is 11.5 Å². The Labute approximate surface area is 163 Å². The molecule has 7 nitrogen and oxygen atoms in total. The third-order valence-corrected chi connectivity index (χ3v) is 4.39. The molecule has 0 bridgehead atoms. The fraction of sp³-hybridized carbons (Fsp3) is 0.167. The van der Waals surface area contributed by atoms with Crippen LogP contribution < -0.4 is 14.8 Å². The van der Waals surface area contributed by atoms with Gasteiger partial charge in [-0.25, -0.2) is 8.78 Å². The van der Waals surface area contributed by atoms with Gasteiger partial charge in [0, 0.05) is 6.07 Å². The summed E-state index contributed by atoms with van der Waals surface area (Å²) in [6, 6.07) is 8.01. The van der Waals surface area contributed by atoms with E-state index in [0.29, 0.717) is 23.1 Å². The van der Waals surface area contributed by atoms with Gasteiger partial charge < -0.3 is 19.2 Å². The number of benzene rings is 2. The van der Waals surface area contributed by atoms with Crippen molar-refractivity contribution in [3.63, 3.8) is 0 Å². The van der Waals surface area contributed by atoms with Gasteiger partial charge in [-0.2, -0.15) is 0 Å². The molecule has 1 N–H and O–H groups in total. The van der Waals surface area contributed by atoms with E-state index in [0.717, 1.165) is 23.9 Å². The largest absolute Gasteiger partial charge is 0.497 e. The summed E-state index contributed by atoms with van der Waals surface area (Å²) in [5.41, 5.74) is 0.429. The Kier molecular flexibility index (Phi) is 6.09. The van der Waals surface area contributed by atoms with Gasteiger partial charge in [0.2, 0.25) is 5.91 Å². The first kappa shape index (κ1) is 19.6. The first-order valence-electron chi connectivity index (χ1n) is 7.93. The predicted octanol–water partition coefficient (Wildman–Crippen LogP) is 3.76. The fourth-order valence-electron chi connectivity index (χ4n) is 2.26. The van der Waals surface area contributed by atoms with Crippen LogP contribution in [0.3, 0.4) is 0 Å². The van der Waals surface area contributed by atoms with Gasteiger partial charge in [0.25, 0.3) is 11.1 Å². The van der Waals surface area contributed by atoms with E-state index in [4.69, 9.17) is 13.9 Å². The Hall–Kier alpha value is -3.14. The van der Waals surface area contributed by atoms with Crippen LogP contribution in [0, 0.1) is 11.6 Å². The molecule has 0 saturated heterocycles. The number of carbonyl (C=O) groups is 1. The molecule has 1 amide bonds. The molecule has 10 heteroatoms. The van der Waals surface area contributed by atoms with Crippen molar-refractivity contribution in [3.05, 3.63) is 48.0 Å². The van der Waals surface area contributed by atoms with Crippen molar-refractivity contribution in [1.29, 1.82) is 0 Å². The van der Waals surface area contributed by atoms with Gasteiger partial charge in [-0.3, -0.25) is 4.79 Å². The highest BCUT2D eigenvalue weighted by Gasteiger charge is 2.16. The second kappa shape index (κ2) is 8.70. The minimum atomic E-state index is -0.858. The quantitative estimate of drug-likeness (QED) is 0.597. The van der Waals surface area contributed by atoms with Gasteiger partial charge in [-0.1, -0.05) is 11.8 Å². The van der Waals surface area contributed by atoms with E-state index in [9.17, 15) is 13.6 Å². The zero-order valence-corrected chi connectivity index (χ0v) is 15.7. The highest BCUT2D eigenvalue weighted by molar-refractivity contribution is 7.99. The minimum Gasteiger partial charge on any atom is -0.497 e. The molecule has 0 aliphatic carbocycles. The number of methoxy groups -OCH3 is 2. The lowest BCUT2D eigenvalue weighted by Crippen LogP contribution is -2.15. The number of rotatable bonds is 7. The molecule has 0 unspecified atom stereocenters. The SMILES string of the molecule is COc1ccc(OC)c(-c2nnc(SCC(=O)Nc3ccc(F)cc3F)o2)c1. The van der Waals surface area contributed by atoms with Gasteiger partial charge >= 0.3 is 0 Å². The summed E-state index contributed by atoms with van der Waals surface area (Å²) >= 11 is 0.975. The van der Waals surface area contributed by atoms with E-state index >= 15 is 0 Å². The summed E-state index contributed by atoms with van der Waals surface area (Å²) in [5, 5.41) is 10.3. The van der Waals surface area contributed by atoms with Crippen LogP contribution in [0.4, 0.5) is 14.5 Å². The molecule has 146 valence electrons. The lowest BCUT2D eigenvalue weighted by molar-refractivity contribution is -0.113. The predicted molar refractivity (Wildman–Crippen MR) is 98.5 cm³/mol. The first-order chi connectivity index (χ1) is 13.5. The van der Waals surface area contributed by atoms with Crippen molar-refractivity contribution in [2.45, 2.75) is 5.22 Å². The number of carbonyl (C=O) groups excluding carboxylic acids is 1. The Morgan fingerprint density at radius 3 is 2.68 bits per heavy atom. The number of ether oxygens (including phenoxy) is 2. The van der Waals surface area contributed by atoms with Crippen molar-refractivity contribution in [2.24, 2.45) is 0 Å². The summed E-state index contributed by atoms with van der Waals surface area (Å²) in [6.45, 7) is 0. The average molecular weight is 407 g/mol. The smallest absolute Gasteiger partial charge is 0.277 e. The van der Waals surface area contributed by atoms with Crippen LogP contribution in [0.1, 0.15) is 0 Å². The van der Waals surface area contributed by atoms with E-state index in [-0.39, 0.29) is 22.6 Å². The maximum atomic E-state index is 13.6. The standard InChI is InChI=1S/C18H15F2N3O4S/c1-25-11-4-6-15(26-2)12(8-11)17-22-23-18(27-17)28-9-16(24)21-14-5-3-10(19)7-13(14)20/h3-8H,9H2,1-2H3,(H,21,24). The molecule has 28 heavy (non-hydrogen) atoms.